The van der Waals surface area contributed by atoms with E-state index in [2.05, 4.69) is 23.6 Å². The summed E-state index contributed by atoms with van der Waals surface area (Å²) in [5.41, 5.74) is 2.85. The Bertz CT molecular complexity index is 1370. The third kappa shape index (κ3) is 7.22. The molecule has 1 aliphatic rings. The molecule has 3 N–H and O–H groups in total. The van der Waals surface area contributed by atoms with Gasteiger partial charge in [0.05, 0.1) is 17.8 Å². The van der Waals surface area contributed by atoms with Gasteiger partial charge in [0.15, 0.2) is 0 Å². The van der Waals surface area contributed by atoms with Gasteiger partial charge in [-0.1, -0.05) is 37.3 Å². The van der Waals surface area contributed by atoms with Gasteiger partial charge in [0.2, 0.25) is 0 Å². The highest BCUT2D eigenvalue weighted by molar-refractivity contribution is 6.28. The van der Waals surface area contributed by atoms with Crippen LogP contribution in [0.3, 0.4) is 0 Å². The van der Waals surface area contributed by atoms with Crippen LogP contribution in [-0.2, 0) is 29.0 Å². The number of aliphatic hydroxyl groups is 1. The lowest BCUT2D eigenvalue weighted by atomic mass is 10.00. The summed E-state index contributed by atoms with van der Waals surface area (Å²) >= 11 is 0. The first-order valence-corrected chi connectivity index (χ1v) is 12.6. The Morgan fingerprint density at radius 3 is 2.26 bits per heavy atom. The second-order valence-electron chi connectivity index (χ2n) is 9.33. The molecule has 2 atom stereocenters. The minimum Gasteiger partial charge on any atom is -0.390 e. The summed E-state index contributed by atoms with van der Waals surface area (Å²) in [6.45, 7) is 2.64. The lowest BCUT2D eigenvalue weighted by Crippen LogP contribution is -2.48. The molecule has 3 amide bonds. The smallest absolute Gasteiger partial charge is 0.258 e. The largest absolute Gasteiger partial charge is 0.390 e. The first-order valence-electron chi connectivity index (χ1n) is 12.6. The van der Waals surface area contributed by atoms with Crippen molar-refractivity contribution in [3.63, 3.8) is 0 Å². The number of carbonyl (C=O) groups is 3. The van der Waals surface area contributed by atoms with Crippen LogP contribution in [0.15, 0.2) is 78.9 Å². The first kappa shape index (κ1) is 27.8. The highest BCUT2D eigenvalue weighted by atomic mass is 19.1. The Balaban J connectivity index is 1.49. The van der Waals surface area contributed by atoms with Crippen LogP contribution in [0.25, 0.3) is 0 Å². The molecule has 7 nitrogen and oxygen atoms in total. The van der Waals surface area contributed by atoms with Gasteiger partial charge in [0.1, 0.15) is 11.6 Å². The number of anilines is 1. The van der Waals surface area contributed by atoms with E-state index >= 15 is 0 Å². The predicted molar refractivity (Wildman–Crippen MR) is 143 cm³/mol. The van der Waals surface area contributed by atoms with E-state index in [-0.39, 0.29) is 29.8 Å². The van der Waals surface area contributed by atoms with Crippen molar-refractivity contribution in [3.8, 4) is 0 Å². The summed E-state index contributed by atoms with van der Waals surface area (Å²) in [4.78, 5) is 38.2. The van der Waals surface area contributed by atoms with Gasteiger partial charge in [0, 0.05) is 36.9 Å². The van der Waals surface area contributed by atoms with E-state index in [1.54, 1.807) is 0 Å². The number of nitrogens with zero attached hydrogens (tertiary/aromatic N) is 1. The van der Waals surface area contributed by atoms with E-state index in [0.717, 1.165) is 47.2 Å². The molecule has 0 bridgehead atoms. The Morgan fingerprint density at radius 1 is 0.897 bits per heavy atom. The van der Waals surface area contributed by atoms with Crippen LogP contribution in [0.2, 0.25) is 0 Å². The number of imide groups is 1. The molecule has 0 aromatic heterocycles. The van der Waals surface area contributed by atoms with Crippen LogP contribution >= 0.6 is 0 Å². The molecule has 0 unspecified atom stereocenters. The highest BCUT2D eigenvalue weighted by Crippen LogP contribution is 2.21. The number of aliphatic hydroxyl groups excluding tert-OH is 1. The molecule has 0 saturated heterocycles. The van der Waals surface area contributed by atoms with Crippen molar-refractivity contribution in [2.24, 2.45) is 0 Å². The fraction of sp³-hybridized carbons (Fsp3) is 0.233. The van der Waals surface area contributed by atoms with Crippen LogP contribution in [-0.4, -0.2) is 41.5 Å². The molecule has 39 heavy (non-hydrogen) atoms. The number of hydrogen-bond acceptors (Lipinski definition) is 5. The monoisotopic (exact) mass is 533 g/mol. The fourth-order valence-electron chi connectivity index (χ4n) is 4.42. The lowest BCUT2D eigenvalue weighted by molar-refractivity contribution is -0.119. The fourth-order valence-corrected chi connectivity index (χ4v) is 4.42. The van der Waals surface area contributed by atoms with E-state index in [9.17, 15) is 28.3 Å². The van der Waals surface area contributed by atoms with Gasteiger partial charge in [-0.15, -0.1) is 0 Å². The molecule has 202 valence electrons. The van der Waals surface area contributed by atoms with E-state index in [0.29, 0.717) is 6.54 Å². The van der Waals surface area contributed by atoms with Crippen molar-refractivity contribution in [1.82, 2.24) is 10.6 Å². The Kier molecular flexibility index (Phi) is 8.96. The second kappa shape index (κ2) is 12.6. The van der Waals surface area contributed by atoms with Crippen LogP contribution in [0.1, 0.15) is 34.0 Å². The van der Waals surface area contributed by atoms with Gasteiger partial charge in [-0.25, -0.2) is 13.7 Å². The summed E-state index contributed by atoms with van der Waals surface area (Å²) in [7, 11) is 0. The van der Waals surface area contributed by atoms with Gasteiger partial charge >= 0.3 is 0 Å². The normalized spacial score (nSPS) is 14.5. The van der Waals surface area contributed by atoms with Gasteiger partial charge in [-0.2, -0.15) is 0 Å². The molecule has 0 radical (unpaired) electrons. The van der Waals surface area contributed by atoms with Gasteiger partial charge in [0.25, 0.3) is 17.7 Å². The van der Waals surface area contributed by atoms with Gasteiger partial charge in [-0.3, -0.25) is 14.4 Å². The molecule has 0 fully saturated rings. The highest BCUT2D eigenvalue weighted by Gasteiger charge is 2.27. The quantitative estimate of drug-likeness (QED) is 0.328. The van der Waals surface area contributed by atoms with E-state index in [1.165, 1.54) is 29.8 Å². The number of hydrogen-bond donors (Lipinski definition) is 3. The molecular weight excluding hydrogens is 504 g/mol. The van der Waals surface area contributed by atoms with Crippen molar-refractivity contribution < 1.29 is 28.3 Å². The number of benzene rings is 3. The molecule has 4 rings (SSSR count). The summed E-state index contributed by atoms with van der Waals surface area (Å²) in [5.74, 6) is -3.15. The maximum atomic E-state index is 13.8. The van der Waals surface area contributed by atoms with Crippen molar-refractivity contribution in [1.29, 1.82) is 0 Å². The third-order valence-corrected chi connectivity index (χ3v) is 6.42. The molecule has 9 heteroatoms. The Morgan fingerprint density at radius 2 is 1.56 bits per heavy atom. The van der Waals surface area contributed by atoms with Crippen molar-refractivity contribution >= 4 is 23.4 Å². The standard InChI is InChI=1S/C30H29F2N3O4/c1-2-19-5-3-6-20(11-19)17-33-18-27(36)26(14-21-12-23(31)16-24(32)13-21)34-30(39)22-7-4-8-25(15-22)35-28(37)9-10-29(35)38/h3-13,15-16,26-27,33,36H,2,14,17-18H2,1H3,(H,34,39)/t26-,27+/m0/s1. The molecular formula is C30H29F2N3O4. The van der Waals surface area contributed by atoms with Gasteiger partial charge in [-0.05, 0) is 59.9 Å². The molecule has 0 aliphatic carbocycles. The van der Waals surface area contributed by atoms with E-state index in [4.69, 9.17) is 0 Å². The minimum absolute atomic E-state index is 0.0404. The zero-order valence-corrected chi connectivity index (χ0v) is 21.4. The molecule has 3 aromatic rings. The number of amides is 3. The summed E-state index contributed by atoms with van der Waals surface area (Å²) in [6, 6.07) is 16.1. The average Bonchev–Trinajstić information content (AvgIpc) is 3.25. The van der Waals surface area contributed by atoms with E-state index < -0.39 is 41.5 Å². The third-order valence-electron chi connectivity index (χ3n) is 6.42. The van der Waals surface area contributed by atoms with Crippen molar-refractivity contribution in [2.75, 3.05) is 11.4 Å². The zero-order valence-electron chi connectivity index (χ0n) is 21.4. The topological polar surface area (TPSA) is 98.7 Å². The molecule has 1 heterocycles. The number of carbonyl (C=O) groups excluding carboxylic acids is 3. The predicted octanol–water partition coefficient (Wildman–Crippen LogP) is 3.45. The van der Waals surface area contributed by atoms with Crippen molar-refractivity contribution in [3.05, 3.63) is 113 Å². The molecule has 0 spiro atoms. The van der Waals surface area contributed by atoms with Crippen LogP contribution < -0.4 is 15.5 Å². The van der Waals surface area contributed by atoms with Crippen LogP contribution in [0.4, 0.5) is 14.5 Å². The molecule has 1 aliphatic heterocycles. The minimum atomic E-state index is -1.11. The van der Waals surface area contributed by atoms with Crippen LogP contribution in [0.5, 0.6) is 0 Å². The zero-order chi connectivity index (χ0) is 27.9. The summed E-state index contributed by atoms with van der Waals surface area (Å²) in [5, 5.41) is 16.9. The Labute approximate surface area is 225 Å². The maximum Gasteiger partial charge on any atom is 0.258 e. The number of nitrogens with one attached hydrogen (secondary N) is 2. The maximum absolute atomic E-state index is 13.8. The van der Waals surface area contributed by atoms with E-state index in [1.807, 2.05) is 18.2 Å². The number of rotatable bonds is 11. The van der Waals surface area contributed by atoms with Gasteiger partial charge < -0.3 is 15.7 Å². The number of aryl methyl sites for hydroxylation is 1. The first-order chi connectivity index (χ1) is 18.7. The number of halogens is 2. The van der Waals surface area contributed by atoms with Crippen molar-refractivity contribution in [2.45, 2.75) is 38.5 Å². The average molecular weight is 534 g/mol. The Hall–Kier alpha value is -4.21. The second-order valence-corrected chi connectivity index (χ2v) is 9.33. The summed E-state index contributed by atoms with van der Waals surface area (Å²) in [6.07, 6.45) is 2.04. The molecule has 3 aromatic carbocycles. The summed E-state index contributed by atoms with van der Waals surface area (Å²) < 4.78 is 27.7. The SMILES string of the molecule is CCc1cccc(CNC[C@@H](O)[C@H](Cc2cc(F)cc(F)c2)NC(=O)c2cccc(N3C(=O)C=CC3=O)c2)c1. The lowest BCUT2D eigenvalue weighted by Gasteiger charge is -2.25. The molecule has 0 saturated carbocycles. The van der Waals surface area contributed by atoms with Crippen LogP contribution in [0, 0.1) is 11.6 Å².